The van der Waals surface area contributed by atoms with Gasteiger partial charge in [-0.2, -0.15) is 0 Å². The van der Waals surface area contributed by atoms with Crippen molar-refractivity contribution >= 4 is 27.3 Å². The molecule has 1 heterocycles. The van der Waals surface area contributed by atoms with E-state index >= 15 is 0 Å². The molecule has 0 amide bonds. The molecule has 96 valence electrons. The first-order chi connectivity index (χ1) is 8.69. The number of ether oxygens (including phenoxy) is 1. The predicted molar refractivity (Wildman–Crippen MR) is 79.3 cm³/mol. The van der Waals surface area contributed by atoms with Gasteiger partial charge in [-0.1, -0.05) is 28.9 Å². The van der Waals surface area contributed by atoms with Crippen LogP contribution in [-0.2, 0) is 13.0 Å². The van der Waals surface area contributed by atoms with Crippen LogP contribution in [0.15, 0.2) is 28.1 Å². The number of aryl methyl sites for hydroxylation is 2. The van der Waals surface area contributed by atoms with Gasteiger partial charge in [-0.3, -0.25) is 0 Å². The maximum absolute atomic E-state index is 5.81. The van der Waals surface area contributed by atoms with E-state index in [-0.39, 0.29) is 0 Å². The number of halogens is 1. The lowest BCUT2D eigenvalue weighted by atomic mass is 10.2. The van der Waals surface area contributed by atoms with Crippen molar-refractivity contribution < 1.29 is 4.74 Å². The molecule has 1 aromatic carbocycles. The first-order valence-corrected chi connectivity index (χ1v) is 7.68. The topological polar surface area (TPSA) is 22.1 Å². The summed E-state index contributed by atoms with van der Waals surface area (Å²) >= 11 is 5.17. The molecule has 0 saturated heterocycles. The van der Waals surface area contributed by atoms with Gasteiger partial charge in [0.2, 0.25) is 0 Å². The Morgan fingerprint density at radius 2 is 2.22 bits per heavy atom. The number of benzene rings is 1. The molecule has 0 saturated carbocycles. The summed E-state index contributed by atoms with van der Waals surface area (Å²) in [6.45, 7) is 4.76. The molecule has 2 aromatic rings. The van der Waals surface area contributed by atoms with Crippen LogP contribution in [0.5, 0.6) is 5.75 Å². The average Bonchev–Trinajstić information content (AvgIpc) is 2.79. The highest BCUT2D eigenvalue weighted by molar-refractivity contribution is 9.10. The van der Waals surface area contributed by atoms with Gasteiger partial charge in [0.25, 0.3) is 0 Å². The van der Waals surface area contributed by atoms with Crippen LogP contribution >= 0.6 is 27.3 Å². The van der Waals surface area contributed by atoms with E-state index in [0.717, 1.165) is 34.3 Å². The van der Waals surface area contributed by atoms with Crippen molar-refractivity contribution in [2.45, 2.75) is 33.3 Å². The molecule has 0 N–H and O–H groups in total. The molecule has 0 radical (unpaired) electrons. The van der Waals surface area contributed by atoms with E-state index in [4.69, 9.17) is 4.74 Å². The highest BCUT2D eigenvalue weighted by Gasteiger charge is 2.04. The number of thiazole rings is 1. The predicted octanol–water partition coefficient (Wildman–Crippen LogP) is 4.75. The van der Waals surface area contributed by atoms with Gasteiger partial charge in [0.15, 0.2) is 0 Å². The quantitative estimate of drug-likeness (QED) is 0.791. The highest BCUT2D eigenvalue weighted by Crippen LogP contribution is 2.24. The van der Waals surface area contributed by atoms with Crippen LogP contribution in [0.2, 0.25) is 0 Å². The molecule has 0 spiro atoms. The van der Waals surface area contributed by atoms with Crippen molar-refractivity contribution in [1.82, 2.24) is 4.98 Å². The summed E-state index contributed by atoms with van der Waals surface area (Å²) in [5.74, 6) is 0.911. The Hall–Kier alpha value is -0.870. The molecule has 4 heteroatoms. The van der Waals surface area contributed by atoms with Gasteiger partial charge in [0, 0.05) is 9.85 Å². The highest BCUT2D eigenvalue weighted by atomic mass is 79.9. The van der Waals surface area contributed by atoms with Crippen LogP contribution < -0.4 is 4.74 Å². The summed E-state index contributed by atoms with van der Waals surface area (Å²) in [5.41, 5.74) is 2.16. The number of hydrogen-bond acceptors (Lipinski definition) is 3. The molecular weight excluding hydrogens is 310 g/mol. The zero-order valence-corrected chi connectivity index (χ0v) is 13.0. The molecule has 0 aliphatic carbocycles. The SMILES string of the molecule is CCCc1nc(COc2cc(Br)ccc2C)cs1. The molecule has 18 heavy (non-hydrogen) atoms. The van der Waals surface area contributed by atoms with E-state index in [9.17, 15) is 0 Å². The first kappa shape index (κ1) is 13.6. The van der Waals surface area contributed by atoms with Crippen LogP contribution in [0.4, 0.5) is 0 Å². The lowest BCUT2D eigenvalue weighted by molar-refractivity contribution is 0.299. The normalized spacial score (nSPS) is 10.6. The Labute approximate surface area is 120 Å². The zero-order valence-electron chi connectivity index (χ0n) is 10.6. The number of aromatic nitrogens is 1. The summed E-state index contributed by atoms with van der Waals surface area (Å²) in [5, 5.41) is 3.28. The third kappa shape index (κ3) is 3.56. The summed E-state index contributed by atoms with van der Waals surface area (Å²) in [4.78, 5) is 4.55. The van der Waals surface area contributed by atoms with Crippen molar-refractivity contribution in [1.29, 1.82) is 0 Å². The van der Waals surface area contributed by atoms with Crippen LogP contribution in [-0.4, -0.2) is 4.98 Å². The van der Waals surface area contributed by atoms with E-state index in [0.29, 0.717) is 6.61 Å². The van der Waals surface area contributed by atoms with E-state index in [1.807, 2.05) is 25.1 Å². The minimum Gasteiger partial charge on any atom is -0.487 e. The smallest absolute Gasteiger partial charge is 0.131 e. The Morgan fingerprint density at radius 1 is 1.39 bits per heavy atom. The summed E-state index contributed by atoms with van der Waals surface area (Å²) in [7, 11) is 0. The van der Waals surface area contributed by atoms with Crippen molar-refractivity contribution in [2.24, 2.45) is 0 Å². The molecule has 0 fully saturated rings. The van der Waals surface area contributed by atoms with Crippen LogP contribution in [0, 0.1) is 6.92 Å². The van der Waals surface area contributed by atoms with E-state index in [1.54, 1.807) is 11.3 Å². The van der Waals surface area contributed by atoms with Gasteiger partial charge >= 0.3 is 0 Å². The maximum atomic E-state index is 5.81. The third-order valence-electron chi connectivity index (χ3n) is 2.59. The molecule has 0 aliphatic heterocycles. The molecule has 0 unspecified atom stereocenters. The van der Waals surface area contributed by atoms with Crippen LogP contribution in [0.1, 0.15) is 29.6 Å². The standard InChI is InChI=1S/C14H16BrNOS/c1-3-4-14-16-12(9-18-14)8-17-13-7-11(15)6-5-10(13)2/h5-7,9H,3-4,8H2,1-2H3. The second-order valence-electron chi connectivity index (χ2n) is 4.18. The van der Waals surface area contributed by atoms with Gasteiger partial charge in [-0.25, -0.2) is 4.98 Å². The summed E-state index contributed by atoms with van der Waals surface area (Å²) < 4.78 is 6.84. The largest absolute Gasteiger partial charge is 0.487 e. The van der Waals surface area contributed by atoms with Crippen molar-refractivity contribution in [2.75, 3.05) is 0 Å². The van der Waals surface area contributed by atoms with Gasteiger partial charge in [0.1, 0.15) is 12.4 Å². The van der Waals surface area contributed by atoms with Crippen LogP contribution in [0.25, 0.3) is 0 Å². The van der Waals surface area contributed by atoms with Crippen molar-refractivity contribution in [3.63, 3.8) is 0 Å². The monoisotopic (exact) mass is 325 g/mol. The Balaban J connectivity index is 1.99. The van der Waals surface area contributed by atoms with Gasteiger partial charge in [-0.05, 0) is 37.5 Å². The zero-order chi connectivity index (χ0) is 13.0. The lowest BCUT2D eigenvalue weighted by Crippen LogP contribution is -1.97. The van der Waals surface area contributed by atoms with Gasteiger partial charge in [0.05, 0.1) is 10.7 Å². The van der Waals surface area contributed by atoms with E-state index in [2.05, 4.69) is 33.2 Å². The minimum atomic E-state index is 0.539. The molecule has 1 aromatic heterocycles. The average molecular weight is 326 g/mol. The number of hydrogen-bond donors (Lipinski definition) is 0. The van der Waals surface area contributed by atoms with Crippen LogP contribution in [0.3, 0.4) is 0 Å². The second-order valence-corrected chi connectivity index (χ2v) is 6.04. The maximum Gasteiger partial charge on any atom is 0.131 e. The summed E-state index contributed by atoms with van der Waals surface area (Å²) in [6.07, 6.45) is 2.19. The van der Waals surface area contributed by atoms with Crippen molar-refractivity contribution in [3.05, 3.63) is 44.3 Å². The third-order valence-corrected chi connectivity index (χ3v) is 4.04. The Bertz CT molecular complexity index is 524. The summed E-state index contributed by atoms with van der Waals surface area (Å²) in [6, 6.07) is 6.06. The molecule has 2 nitrogen and oxygen atoms in total. The Kier molecular flexibility index (Phi) is 4.78. The molecule has 0 atom stereocenters. The fourth-order valence-electron chi connectivity index (χ4n) is 1.63. The first-order valence-electron chi connectivity index (χ1n) is 6.01. The van der Waals surface area contributed by atoms with Gasteiger partial charge < -0.3 is 4.74 Å². The minimum absolute atomic E-state index is 0.539. The molecular formula is C14H16BrNOS. The molecule has 0 bridgehead atoms. The Morgan fingerprint density at radius 3 is 3.00 bits per heavy atom. The van der Waals surface area contributed by atoms with E-state index < -0.39 is 0 Å². The molecule has 2 rings (SSSR count). The second kappa shape index (κ2) is 6.34. The number of rotatable bonds is 5. The van der Waals surface area contributed by atoms with Crippen molar-refractivity contribution in [3.8, 4) is 5.75 Å². The van der Waals surface area contributed by atoms with Gasteiger partial charge in [-0.15, -0.1) is 11.3 Å². The van der Waals surface area contributed by atoms with E-state index in [1.165, 1.54) is 5.01 Å². The fourth-order valence-corrected chi connectivity index (χ4v) is 2.85. The lowest BCUT2D eigenvalue weighted by Gasteiger charge is -2.07. The fraction of sp³-hybridized carbons (Fsp3) is 0.357. The molecule has 0 aliphatic rings. The number of nitrogens with zero attached hydrogens (tertiary/aromatic N) is 1.